The summed E-state index contributed by atoms with van der Waals surface area (Å²) in [4.78, 5) is 6.74. The minimum atomic E-state index is 0.563. The first-order chi connectivity index (χ1) is 9.15. The van der Waals surface area contributed by atoms with Gasteiger partial charge in [0.05, 0.1) is 12.7 Å². The highest BCUT2D eigenvalue weighted by Gasteiger charge is 2.25. The Morgan fingerprint density at radius 2 is 1.95 bits per heavy atom. The van der Waals surface area contributed by atoms with E-state index in [2.05, 4.69) is 41.2 Å². The maximum atomic E-state index is 6.03. The van der Waals surface area contributed by atoms with E-state index in [4.69, 9.17) is 11.6 Å². The molecule has 0 bridgehead atoms. The highest BCUT2D eigenvalue weighted by atomic mass is 35.5. The molecule has 0 saturated heterocycles. The second-order valence-corrected chi connectivity index (χ2v) is 5.69. The standard InChI is InChI=1S/C15H18ClN3/c1-18(10-15-17-9-14(16)19(15)2)13-7-11-5-3-4-6-12(11)8-13/h3-6,9,13H,7-8,10H2,1-2H3. The molecule has 1 aromatic carbocycles. The molecular weight excluding hydrogens is 258 g/mol. The summed E-state index contributed by atoms with van der Waals surface area (Å²) in [6.07, 6.45) is 3.98. The Balaban J connectivity index is 1.70. The van der Waals surface area contributed by atoms with Crippen LogP contribution in [0, 0.1) is 0 Å². The van der Waals surface area contributed by atoms with E-state index in [1.807, 2.05) is 11.6 Å². The topological polar surface area (TPSA) is 21.1 Å². The Morgan fingerprint density at radius 3 is 2.47 bits per heavy atom. The molecule has 1 aliphatic carbocycles. The zero-order valence-electron chi connectivity index (χ0n) is 11.3. The summed E-state index contributed by atoms with van der Waals surface area (Å²) < 4.78 is 1.94. The van der Waals surface area contributed by atoms with Crippen LogP contribution in [0.15, 0.2) is 30.5 Å². The molecule has 0 atom stereocenters. The van der Waals surface area contributed by atoms with Gasteiger partial charge in [0.1, 0.15) is 11.0 Å². The number of imidazole rings is 1. The normalized spacial score (nSPS) is 15.2. The monoisotopic (exact) mass is 275 g/mol. The van der Waals surface area contributed by atoms with Gasteiger partial charge >= 0.3 is 0 Å². The van der Waals surface area contributed by atoms with Crippen molar-refractivity contribution in [2.45, 2.75) is 25.4 Å². The maximum Gasteiger partial charge on any atom is 0.128 e. The van der Waals surface area contributed by atoms with Crippen molar-refractivity contribution in [3.05, 3.63) is 52.6 Å². The molecule has 0 radical (unpaired) electrons. The van der Waals surface area contributed by atoms with Gasteiger partial charge in [0, 0.05) is 13.1 Å². The lowest BCUT2D eigenvalue weighted by molar-refractivity contribution is 0.233. The molecule has 1 aromatic heterocycles. The van der Waals surface area contributed by atoms with Crippen molar-refractivity contribution in [3.8, 4) is 0 Å². The van der Waals surface area contributed by atoms with Gasteiger partial charge in [0.2, 0.25) is 0 Å². The smallest absolute Gasteiger partial charge is 0.128 e. The van der Waals surface area contributed by atoms with Crippen LogP contribution in [-0.2, 0) is 26.4 Å². The first-order valence-electron chi connectivity index (χ1n) is 6.58. The molecule has 2 aromatic rings. The number of rotatable bonds is 3. The number of fused-ring (bicyclic) bond motifs is 1. The molecule has 0 saturated carbocycles. The van der Waals surface area contributed by atoms with E-state index in [0.717, 1.165) is 25.2 Å². The van der Waals surface area contributed by atoms with Crippen LogP contribution in [0.2, 0.25) is 5.15 Å². The fourth-order valence-corrected chi connectivity index (χ4v) is 2.92. The average Bonchev–Trinajstić information content (AvgIpc) is 2.97. The molecule has 4 heteroatoms. The predicted octanol–water partition coefficient (Wildman–Crippen LogP) is 2.67. The molecule has 0 amide bonds. The summed E-state index contributed by atoms with van der Waals surface area (Å²) in [6, 6.07) is 9.29. The van der Waals surface area contributed by atoms with E-state index in [9.17, 15) is 0 Å². The zero-order chi connectivity index (χ0) is 13.4. The van der Waals surface area contributed by atoms with Gasteiger partial charge in [0.15, 0.2) is 0 Å². The first kappa shape index (κ1) is 12.7. The number of benzene rings is 1. The van der Waals surface area contributed by atoms with Gasteiger partial charge in [-0.15, -0.1) is 0 Å². The molecule has 19 heavy (non-hydrogen) atoms. The minimum absolute atomic E-state index is 0.563. The fraction of sp³-hybridized carbons (Fsp3) is 0.400. The van der Waals surface area contributed by atoms with E-state index < -0.39 is 0 Å². The number of aromatic nitrogens is 2. The molecule has 0 fully saturated rings. The molecule has 100 valence electrons. The molecular formula is C15H18ClN3. The first-order valence-corrected chi connectivity index (χ1v) is 6.96. The fourth-order valence-electron chi connectivity index (χ4n) is 2.77. The predicted molar refractivity (Wildman–Crippen MR) is 77.3 cm³/mol. The lowest BCUT2D eigenvalue weighted by Gasteiger charge is -2.23. The molecule has 1 heterocycles. The van der Waals surface area contributed by atoms with Crippen LogP contribution in [0.4, 0.5) is 0 Å². The largest absolute Gasteiger partial charge is 0.321 e. The van der Waals surface area contributed by atoms with E-state index in [-0.39, 0.29) is 0 Å². The summed E-state index contributed by atoms with van der Waals surface area (Å²) in [7, 11) is 4.13. The molecule has 3 nitrogen and oxygen atoms in total. The molecule has 0 N–H and O–H groups in total. The van der Waals surface area contributed by atoms with E-state index in [0.29, 0.717) is 11.2 Å². The van der Waals surface area contributed by atoms with Gasteiger partial charge in [-0.3, -0.25) is 4.90 Å². The number of likely N-dealkylation sites (N-methyl/N-ethyl adjacent to an activating group) is 1. The minimum Gasteiger partial charge on any atom is -0.321 e. The summed E-state index contributed by atoms with van der Waals surface area (Å²) in [5.74, 6) is 1.02. The summed E-state index contributed by atoms with van der Waals surface area (Å²) in [5, 5.41) is 0.693. The molecule has 0 aliphatic heterocycles. The van der Waals surface area contributed by atoms with Crippen LogP contribution in [0.5, 0.6) is 0 Å². The molecule has 0 spiro atoms. The molecule has 1 aliphatic rings. The van der Waals surface area contributed by atoms with E-state index >= 15 is 0 Å². The quantitative estimate of drug-likeness (QED) is 0.859. The second-order valence-electron chi connectivity index (χ2n) is 5.30. The Morgan fingerprint density at radius 1 is 1.32 bits per heavy atom. The molecule has 0 unspecified atom stereocenters. The lowest BCUT2D eigenvalue weighted by Crippen LogP contribution is -2.32. The van der Waals surface area contributed by atoms with Crippen molar-refractivity contribution in [1.29, 1.82) is 0 Å². The third kappa shape index (κ3) is 2.40. The summed E-state index contributed by atoms with van der Waals surface area (Å²) in [6.45, 7) is 0.835. The van der Waals surface area contributed by atoms with Crippen molar-refractivity contribution < 1.29 is 0 Å². The highest BCUT2D eigenvalue weighted by molar-refractivity contribution is 6.29. The number of nitrogens with zero attached hydrogens (tertiary/aromatic N) is 3. The zero-order valence-corrected chi connectivity index (χ0v) is 12.1. The third-order valence-corrected chi connectivity index (χ3v) is 4.42. The van der Waals surface area contributed by atoms with Crippen molar-refractivity contribution in [2.24, 2.45) is 7.05 Å². The SMILES string of the molecule is CN(Cc1ncc(Cl)n1C)C1Cc2ccccc2C1. The van der Waals surface area contributed by atoms with Crippen LogP contribution >= 0.6 is 11.6 Å². The maximum absolute atomic E-state index is 6.03. The van der Waals surface area contributed by atoms with Crippen LogP contribution in [0.25, 0.3) is 0 Å². The van der Waals surface area contributed by atoms with Crippen LogP contribution < -0.4 is 0 Å². The van der Waals surface area contributed by atoms with Crippen molar-refractivity contribution in [2.75, 3.05) is 7.05 Å². The van der Waals surface area contributed by atoms with Crippen LogP contribution in [0.1, 0.15) is 17.0 Å². The Kier molecular flexibility index (Phi) is 3.33. The summed E-state index contributed by atoms with van der Waals surface area (Å²) in [5.41, 5.74) is 2.97. The Hall–Kier alpha value is -1.32. The van der Waals surface area contributed by atoms with E-state index in [1.54, 1.807) is 6.20 Å². The van der Waals surface area contributed by atoms with Crippen LogP contribution in [0.3, 0.4) is 0 Å². The summed E-state index contributed by atoms with van der Waals surface area (Å²) >= 11 is 6.03. The number of hydrogen-bond donors (Lipinski definition) is 0. The van der Waals surface area contributed by atoms with Crippen molar-refractivity contribution in [1.82, 2.24) is 14.5 Å². The van der Waals surface area contributed by atoms with Gasteiger partial charge < -0.3 is 4.57 Å². The van der Waals surface area contributed by atoms with Crippen molar-refractivity contribution in [3.63, 3.8) is 0 Å². The Labute approximate surface area is 118 Å². The Bertz CT molecular complexity index is 566. The third-order valence-electron chi connectivity index (χ3n) is 4.07. The van der Waals surface area contributed by atoms with Gasteiger partial charge in [-0.05, 0) is 31.0 Å². The molecule has 3 rings (SSSR count). The van der Waals surface area contributed by atoms with Gasteiger partial charge in [-0.1, -0.05) is 35.9 Å². The number of halogens is 1. The van der Waals surface area contributed by atoms with Gasteiger partial charge in [-0.25, -0.2) is 4.98 Å². The lowest BCUT2D eigenvalue weighted by atomic mass is 10.1. The van der Waals surface area contributed by atoms with Gasteiger partial charge in [-0.2, -0.15) is 0 Å². The van der Waals surface area contributed by atoms with Crippen molar-refractivity contribution >= 4 is 11.6 Å². The van der Waals surface area contributed by atoms with Crippen LogP contribution in [-0.4, -0.2) is 27.5 Å². The average molecular weight is 276 g/mol. The van der Waals surface area contributed by atoms with Gasteiger partial charge in [0.25, 0.3) is 0 Å². The van der Waals surface area contributed by atoms with E-state index in [1.165, 1.54) is 11.1 Å². The highest BCUT2D eigenvalue weighted by Crippen LogP contribution is 2.25. The second kappa shape index (κ2) is 4.99. The number of hydrogen-bond acceptors (Lipinski definition) is 2.